The molecule has 1 fully saturated rings. The van der Waals surface area contributed by atoms with Gasteiger partial charge in [0, 0.05) is 24.7 Å². The zero-order valence-electron chi connectivity index (χ0n) is 9.33. The van der Waals surface area contributed by atoms with Gasteiger partial charge in [-0.3, -0.25) is 0 Å². The molecule has 3 nitrogen and oxygen atoms in total. The van der Waals surface area contributed by atoms with Crippen LogP contribution in [-0.2, 0) is 16.1 Å². The first-order chi connectivity index (χ1) is 7.81. The van der Waals surface area contributed by atoms with E-state index in [0.717, 1.165) is 29.7 Å². The molecule has 0 spiro atoms. The molecule has 0 aliphatic carbocycles. The van der Waals surface area contributed by atoms with E-state index >= 15 is 0 Å². The van der Waals surface area contributed by atoms with Gasteiger partial charge in [-0.2, -0.15) is 0 Å². The minimum absolute atomic E-state index is 0.168. The van der Waals surface area contributed by atoms with Crippen LogP contribution in [0.25, 0.3) is 0 Å². The highest BCUT2D eigenvalue weighted by atomic mass is 79.9. The number of ether oxygens (including phenoxy) is 2. The van der Waals surface area contributed by atoms with Crippen LogP contribution in [0.3, 0.4) is 0 Å². The van der Waals surface area contributed by atoms with E-state index in [4.69, 9.17) is 9.47 Å². The second-order valence-corrected chi connectivity index (χ2v) is 4.70. The van der Waals surface area contributed by atoms with E-state index in [9.17, 15) is 0 Å². The van der Waals surface area contributed by atoms with Crippen molar-refractivity contribution in [1.29, 1.82) is 0 Å². The molecule has 0 radical (unpaired) electrons. The standard InChI is InChI=1S/C12H16BrNO2/c1-15-8-10-3-2-9(6-11(10)13)12-7-14-4-5-16-12/h2-3,6,12,14H,4-5,7-8H2,1H3. The van der Waals surface area contributed by atoms with Crippen LogP contribution in [0.4, 0.5) is 0 Å². The highest BCUT2D eigenvalue weighted by Gasteiger charge is 2.16. The lowest BCUT2D eigenvalue weighted by molar-refractivity contribution is 0.0276. The zero-order chi connectivity index (χ0) is 11.4. The average molecular weight is 286 g/mol. The van der Waals surface area contributed by atoms with Gasteiger partial charge < -0.3 is 14.8 Å². The molecule has 16 heavy (non-hydrogen) atoms. The van der Waals surface area contributed by atoms with E-state index in [-0.39, 0.29) is 6.10 Å². The predicted octanol–water partition coefficient (Wildman–Crippen LogP) is 2.26. The van der Waals surface area contributed by atoms with Gasteiger partial charge in [-0.1, -0.05) is 28.1 Å². The van der Waals surface area contributed by atoms with Gasteiger partial charge in [0.05, 0.1) is 19.3 Å². The normalized spacial score (nSPS) is 21.0. The second kappa shape index (κ2) is 5.77. The van der Waals surface area contributed by atoms with Crippen molar-refractivity contribution in [2.24, 2.45) is 0 Å². The van der Waals surface area contributed by atoms with Crippen LogP contribution >= 0.6 is 15.9 Å². The first-order valence-corrected chi connectivity index (χ1v) is 6.20. The third-order valence-electron chi connectivity index (χ3n) is 2.68. The molecule has 0 amide bonds. The number of hydrogen-bond acceptors (Lipinski definition) is 3. The summed E-state index contributed by atoms with van der Waals surface area (Å²) in [5, 5.41) is 3.33. The van der Waals surface area contributed by atoms with Crippen LogP contribution < -0.4 is 5.32 Å². The topological polar surface area (TPSA) is 30.5 Å². The molecular weight excluding hydrogens is 270 g/mol. The van der Waals surface area contributed by atoms with Crippen molar-refractivity contribution in [3.8, 4) is 0 Å². The van der Waals surface area contributed by atoms with Gasteiger partial charge >= 0.3 is 0 Å². The Bertz CT molecular complexity index is 351. The maximum atomic E-state index is 5.70. The number of methoxy groups -OCH3 is 1. The Balaban J connectivity index is 2.13. The highest BCUT2D eigenvalue weighted by molar-refractivity contribution is 9.10. The molecule has 0 bridgehead atoms. The summed E-state index contributed by atoms with van der Waals surface area (Å²) in [5.74, 6) is 0. The van der Waals surface area contributed by atoms with E-state index in [0.29, 0.717) is 6.61 Å². The molecule has 0 aromatic heterocycles. The van der Waals surface area contributed by atoms with E-state index in [2.05, 4.69) is 39.4 Å². The summed E-state index contributed by atoms with van der Waals surface area (Å²) < 4.78 is 11.9. The molecule has 2 rings (SSSR count). The predicted molar refractivity (Wildman–Crippen MR) is 66.4 cm³/mol. The minimum atomic E-state index is 0.168. The molecule has 1 aromatic rings. The lowest BCUT2D eigenvalue weighted by Gasteiger charge is -2.24. The molecule has 1 heterocycles. The van der Waals surface area contributed by atoms with Crippen LogP contribution in [0, 0.1) is 0 Å². The smallest absolute Gasteiger partial charge is 0.0950 e. The number of morpholine rings is 1. The van der Waals surface area contributed by atoms with Crippen molar-refractivity contribution < 1.29 is 9.47 Å². The number of benzene rings is 1. The van der Waals surface area contributed by atoms with Gasteiger partial charge in [0.2, 0.25) is 0 Å². The van der Waals surface area contributed by atoms with Gasteiger partial charge in [0.1, 0.15) is 0 Å². The maximum Gasteiger partial charge on any atom is 0.0950 e. The summed E-state index contributed by atoms with van der Waals surface area (Å²) >= 11 is 3.56. The van der Waals surface area contributed by atoms with E-state index < -0.39 is 0 Å². The van der Waals surface area contributed by atoms with Gasteiger partial charge in [0.15, 0.2) is 0 Å². The fraction of sp³-hybridized carbons (Fsp3) is 0.500. The van der Waals surface area contributed by atoms with Crippen molar-refractivity contribution in [1.82, 2.24) is 5.32 Å². The molecule has 1 saturated heterocycles. The van der Waals surface area contributed by atoms with Crippen molar-refractivity contribution in [3.05, 3.63) is 33.8 Å². The van der Waals surface area contributed by atoms with Gasteiger partial charge in [-0.25, -0.2) is 0 Å². The number of halogens is 1. The summed E-state index contributed by atoms with van der Waals surface area (Å²) in [6.45, 7) is 3.24. The lowest BCUT2D eigenvalue weighted by atomic mass is 10.1. The molecule has 0 saturated carbocycles. The van der Waals surface area contributed by atoms with Crippen LogP contribution in [0.2, 0.25) is 0 Å². The van der Waals surface area contributed by atoms with Crippen LogP contribution in [-0.4, -0.2) is 26.8 Å². The van der Waals surface area contributed by atoms with E-state index in [1.807, 2.05) is 0 Å². The second-order valence-electron chi connectivity index (χ2n) is 3.85. The summed E-state index contributed by atoms with van der Waals surface area (Å²) in [6.07, 6.45) is 0.168. The number of nitrogens with one attached hydrogen (secondary N) is 1. The summed E-state index contributed by atoms with van der Waals surface area (Å²) in [6, 6.07) is 6.31. The van der Waals surface area contributed by atoms with Crippen LogP contribution in [0.5, 0.6) is 0 Å². The molecule has 1 aliphatic rings. The Morgan fingerprint density at radius 1 is 1.56 bits per heavy atom. The zero-order valence-corrected chi connectivity index (χ0v) is 10.9. The number of hydrogen-bond donors (Lipinski definition) is 1. The van der Waals surface area contributed by atoms with Gasteiger partial charge in [-0.15, -0.1) is 0 Å². The monoisotopic (exact) mass is 285 g/mol. The largest absolute Gasteiger partial charge is 0.380 e. The fourth-order valence-electron chi connectivity index (χ4n) is 1.82. The Morgan fingerprint density at radius 3 is 3.06 bits per heavy atom. The van der Waals surface area contributed by atoms with E-state index in [1.165, 1.54) is 5.56 Å². The SMILES string of the molecule is COCc1ccc(C2CNCCO2)cc1Br. The Labute approximate surface area is 104 Å². The number of rotatable bonds is 3. The van der Waals surface area contributed by atoms with Gasteiger partial charge in [-0.05, 0) is 17.2 Å². The van der Waals surface area contributed by atoms with Gasteiger partial charge in [0.25, 0.3) is 0 Å². The molecule has 1 unspecified atom stereocenters. The van der Waals surface area contributed by atoms with Crippen molar-refractivity contribution in [2.45, 2.75) is 12.7 Å². The molecule has 1 N–H and O–H groups in total. The first-order valence-electron chi connectivity index (χ1n) is 5.41. The molecule has 1 aromatic carbocycles. The fourth-order valence-corrected chi connectivity index (χ4v) is 2.33. The highest BCUT2D eigenvalue weighted by Crippen LogP contribution is 2.25. The summed E-state index contributed by atoms with van der Waals surface area (Å²) in [7, 11) is 1.70. The van der Waals surface area contributed by atoms with Crippen LogP contribution in [0.1, 0.15) is 17.2 Å². The Morgan fingerprint density at radius 2 is 2.44 bits per heavy atom. The summed E-state index contributed by atoms with van der Waals surface area (Å²) in [5.41, 5.74) is 2.37. The molecule has 1 aliphatic heterocycles. The third kappa shape index (κ3) is 2.83. The minimum Gasteiger partial charge on any atom is -0.380 e. The molecule has 88 valence electrons. The summed E-state index contributed by atoms with van der Waals surface area (Å²) in [4.78, 5) is 0. The molecule has 4 heteroatoms. The first kappa shape index (κ1) is 12.0. The third-order valence-corrected chi connectivity index (χ3v) is 3.41. The quantitative estimate of drug-likeness (QED) is 0.924. The van der Waals surface area contributed by atoms with Crippen molar-refractivity contribution in [2.75, 3.05) is 26.8 Å². The maximum absolute atomic E-state index is 5.70. The molecular formula is C12H16BrNO2. The molecule has 1 atom stereocenters. The Kier molecular flexibility index (Phi) is 4.35. The van der Waals surface area contributed by atoms with Crippen LogP contribution in [0.15, 0.2) is 22.7 Å². The Hall–Kier alpha value is -0.420. The van der Waals surface area contributed by atoms with E-state index in [1.54, 1.807) is 7.11 Å². The average Bonchev–Trinajstić information content (AvgIpc) is 2.33. The van der Waals surface area contributed by atoms with Crippen molar-refractivity contribution in [3.63, 3.8) is 0 Å². The lowest BCUT2D eigenvalue weighted by Crippen LogP contribution is -2.33. The van der Waals surface area contributed by atoms with Crippen molar-refractivity contribution >= 4 is 15.9 Å².